The number of carbonyl (C=O) groups is 1. The van der Waals surface area contributed by atoms with E-state index in [0.29, 0.717) is 0 Å². The summed E-state index contributed by atoms with van der Waals surface area (Å²) in [5, 5.41) is 17.1. The standard InChI is InChI=1S/C10H6ClN3O3/c11-6-1-2-9(14(16)17)7(5-6)10(15)8-3-4-12-13-8/h1-5H,(H,12,13). The van der Waals surface area contributed by atoms with E-state index in [1.54, 1.807) is 0 Å². The molecule has 0 amide bonds. The van der Waals surface area contributed by atoms with Crippen LogP contribution in [0.4, 0.5) is 5.69 Å². The van der Waals surface area contributed by atoms with Crippen LogP contribution in [0, 0.1) is 10.1 Å². The first-order chi connectivity index (χ1) is 8.09. The van der Waals surface area contributed by atoms with Crippen molar-refractivity contribution in [2.75, 3.05) is 0 Å². The zero-order valence-corrected chi connectivity index (χ0v) is 9.14. The fourth-order valence-corrected chi connectivity index (χ4v) is 1.55. The summed E-state index contributed by atoms with van der Waals surface area (Å²) in [6.07, 6.45) is 1.39. The third-order valence-electron chi connectivity index (χ3n) is 2.15. The molecule has 0 fully saturated rings. The molecule has 6 nitrogen and oxygen atoms in total. The number of carbonyl (C=O) groups excluding carboxylic acids is 1. The van der Waals surface area contributed by atoms with E-state index in [-0.39, 0.29) is 22.0 Å². The van der Waals surface area contributed by atoms with Crippen molar-refractivity contribution in [2.24, 2.45) is 0 Å². The van der Waals surface area contributed by atoms with Gasteiger partial charge in [0.05, 0.1) is 4.92 Å². The van der Waals surface area contributed by atoms with Crippen LogP contribution in [0.15, 0.2) is 30.5 Å². The predicted molar refractivity (Wildman–Crippen MR) is 60.1 cm³/mol. The van der Waals surface area contributed by atoms with Gasteiger partial charge in [0, 0.05) is 17.3 Å². The lowest BCUT2D eigenvalue weighted by atomic mass is 10.1. The van der Waals surface area contributed by atoms with Crippen LogP contribution in [0.5, 0.6) is 0 Å². The number of benzene rings is 1. The summed E-state index contributed by atoms with van der Waals surface area (Å²) in [4.78, 5) is 22.1. The van der Waals surface area contributed by atoms with Crippen LogP contribution in [0.3, 0.4) is 0 Å². The summed E-state index contributed by atoms with van der Waals surface area (Å²) in [6, 6.07) is 5.27. The van der Waals surface area contributed by atoms with Crippen LogP contribution in [0.25, 0.3) is 0 Å². The molecule has 17 heavy (non-hydrogen) atoms. The first-order valence-corrected chi connectivity index (χ1v) is 4.95. The molecule has 1 N–H and O–H groups in total. The van der Waals surface area contributed by atoms with E-state index in [1.165, 1.54) is 30.5 Å². The largest absolute Gasteiger partial charge is 0.287 e. The van der Waals surface area contributed by atoms with Crippen molar-refractivity contribution in [3.8, 4) is 0 Å². The highest BCUT2D eigenvalue weighted by molar-refractivity contribution is 6.31. The quantitative estimate of drug-likeness (QED) is 0.514. The highest BCUT2D eigenvalue weighted by Gasteiger charge is 2.22. The number of aromatic amines is 1. The van der Waals surface area contributed by atoms with Crippen molar-refractivity contribution in [1.82, 2.24) is 10.2 Å². The normalized spacial score (nSPS) is 10.2. The molecular weight excluding hydrogens is 246 g/mol. The Bertz CT molecular complexity index is 580. The van der Waals surface area contributed by atoms with Gasteiger partial charge in [-0.2, -0.15) is 5.10 Å². The Morgan fingerprint density at radius 3 is 2.76 bits per heavy atom. The average molecular weight is 252 g/mol. The minimum Gasteiger partial charge on any atom is -0.287 e. The van der Waals surface area contributed by atoms with Gasteiger partial charge in [-0.25, -0.2) is 0 Å². The van der Waals surface area contributed by atoms with Gasteiger partial charge in [-0.1, -0.05) is 11.6 Å². The Balaban J connectivity index is 2.54. The summed E-state index contributed by atoms with van der Waals surface area (Å²) in [6.45, 7) is 0. The first kappa shape index (κ1) is 11.3. The number of hydrogen-bond donors (Lipinski definition) is 1. The number of aromatic nitrogens is 2. The number of halogens is 1. The lowest BCUT2D eigenvalue weighted by Crippen LogP contribution is -2.06. The third kappa shape index (κ3) is 2.16. The molecule has 2 rings (SSSR count). The number of ketones is 1. The van der Waals surface area contributed by atoms with Crippen molar-refractivity contribution in [3.63, 3.8) is 0 Å². The molecule has 0 saturated heterocycles. The van der Waals surface area contributed by atoms with Gasteiger partial charge in [-0.05, 0) is 18.2 Å². The molecule has 0 unspecified atom stereocenters. The maximum Gasteiger partial charge on any atom is 0.280 e. The lowest BCUT2D eigenvalue weighted by Gasteiger charge is -2.01. The van der Waals surface area contributed by atoms with E-state index in [1.807, 2.05) is 0 Å². The second-order valence-corrected chi connectivity index (χ2v) is 3.65. The van der Waals surface area contributed by atoms with Crippen LogP contribution in [0.2, 0.25) is 5.02 Å². The molecule has 7 heteroatoms. The number of hydrogen-bond acceptors (Lipinski definition) is 4. The highest BCUT2D eigenvalue weighted by Crippen LogP contribution is 2.24. The minimum atomic E-state index is -0.625. The summed E-state index contributed by atoms with van der Waals surface area (Å²) in [5.41, 5.74) is -0.170. The fraction of sp³-hybridized carbons (Fsp3) is 0. The van der Waals surface area contributed by atoms with E-state index < -0.39 is 10.7 Å². The third-order valence-corrected chi connectivity index (χ3v) is 2.38. The number of nitrogens with one attached hydrogen (secondary N) is 1. The molecule has 0 aliphatic heterocycles. The van der Waals surface area contributed by atoms with Gasteiger partial charge in [0.2, 0.25) is 5.78 Å². The SMILES string of the molecule is O=C(c1ccn[nH]1)c1cc(Cl)ccc1[N+](=O)[O-]. The Labute approximate surface area is 100 Å². The monoisotopic (exact) mass is 251 g/mol. The van der Waals surface area contributed by atoms with Crippen molar-refractivity contribution in [2.45, 2.75) is 0 Å². The van der Waals surface area contributed by atoms with E-state index >= 15 is 0 Å². The van der Waals surface area contributed by atoms with Crippen molar-refractivity contribution in [1.29, 1.82) is 0 Å². The summed E-state index contributed by atoms with van der Waals surface area (Å²) in [5.74, 6) is -0.517. The van der Waals surface area contributed by atoms with Crippen LogP contribution >= 0.6 is 11.6 Å². The predicted octanol–water partition coefficient (Wildman–Crippen LogP) is 2.20. The molecule has 1 heterocycles. The van der Waals surface area contributed by atoms with E-state index in [2.05, 4.69) is 10.2 Å². The molecular formula is C10H6ClN3O3. The van der Waals surface area contributed by atoms with Gasteiger partial charge in [0.1, 0.15) is 11.3 Å². The Hall–Kier alpha value is -2.21. The smallest absolute Gasteiger partial charge is 0.280 e. The zero-order chi connectivity index (χ0) is 12.4. The summed E-state index contributed by atoms with van der Waals surface area (Å²) < 4.78 is 0. The summed E-state index contributed by atoms with van der Waals surface area (Å²) >= 11 is 5.73. The van der Waals surface area contributed by atoms with E-state index in [4.69, 9.17) is 11.6 Å². The van der Waals surface area contributed by atoms with Gasteiger partial charge < -0.3 is 0 Å². The zero-order valence-electron chi connectivity index (χ0n) is 8.38. The van der Waals surface area contributed by atoms with Crippen LogP contribution in [-0.2, 0) is 0 Å². The Kier molecular flexibility index (Phi) is 2.88. The van der Waals surface area contributed by atoms with Crippen molar-refractivity contribution in [3.05, 3.63) is 56.9 Å². The van der Waals surface area contributed by atoms with E-state index in [9.17, 15) is 14.9 Å². The van der Waals surface area contributed by atoms with Gasteiger partial charge in [-0.15, -0.1) is 0 Å². The number of rotatable bonds is 3. The molecule has 0 radical (unpaired) electrons. The molecule has 0 aliphatic carbocycles. The maximum absolute atomic E-state index is 12.0. The van der Waals surface area contributed by atoms with Gasteiger partial charge in [-0.3, -0.25) is 20.0 Å². The number of nitro groups is 1. The van der Waals surface area contributed by atoms with Crippen LogP contribution < -0.4 is 0 Å². The molecule has 0 bridgehead atoms. The molecule has 0 saturated carbocycles. The highest BCUT2D eigenvalue weighted by atomic mass is 35.5. The molecule has 86 valence electrons. The van der Waals surface area contributed by atoms with E-state index in [0.717, 1.165) is 0 Å². The first-order valence-electron chi connectivity index (χ1n) is 4.57. The lowest BCUT2D eigenvalue weighted by molar-refractivity contribution is -0.385. The molecule has 1 aromatic heterocycles. The second kappa shape index (κ2) is 4.34. The number of H-pyrrole nitrogens is 1. The Morgan fingerprint density at radius 2 is 2.18 bits per heavy atom. The van der Waals surface area contributed by atoms with Gasteiger partial charge in [0.25, 0.3) is 5.69 Å². The molecule has 1 aromatic carbocycles. The maximum atomic E-state index is 12.0. The summed E-state index contributed by atoms with van der Waals surface area (Å²) in [7, 11) is 0. The molecule has 0 aliphatic rings. The van der Waals surface area contributed by atoms with Crippen LogP contribution in [0.1, 0.15) is 16.1 Å². The van der Waals surface area contributed by atoms with Crippen molar-refractivity contribution < 1.29 is 9.72 Å². The topological polar surface area (TPSA) is 88.9 Å². The fourth-order valence-electron chi connectivity index (χ4n) is 1.38. The van der Waals surface area contributed by atoms with Crippen LogP contribution in [-0.4, -0.2) is 20.9 Å². The van der Waals surface area contributed by atoms with Gasteiger partial charge in [0.15, 0.2) is 0 Å². The minimum absolute atomic E-state index is 0.0632. The van der Waals surface area contributed by atoms with Crippen molar-refractivity contribution >= 4 is 23.1 Å². The molecule has 2 aromatic rings. The molecule has 0 atom stereocenters. The Morgan fingerprint density at radius 1 is 1.41 bits per heavy atom. The average Bonchev–Trinajstić information content (AvgIpc) is 2.80. The molecule has 0 spiro atoms. The number of nitro benzene ring substituents is 1. The van der Waals surface area contributed by atoms with Gasteiger partial charge >= 0.3 is 0 Å². The number of nitrogens with zero attached hydrogens (tertiary/aromatic N) is 2. The second-order valence-electron chi connectivity index (χ2n) is 3.22.